The molecular formula is C12H22N4. The van der Waals surface area contributed by atoms with Crippen LogP contribution < -0.4 is 11.1 Å². The second-order valence-corrected chi connectivity index (χ2v) is 4.74. The average molecular weight is 222 g/mol. The zero-order valence-corrected chi connectivity index (χ0v) is 10.1. The van der Waals surface area contributed by atoms with E-state index in [0.717, 1.165) is 32.6 Å². The zero-order valence-electron chi connectivity index (χ0n) is 10.1. The van der Waals surface area contributed by atoms with Gasteiger partial charge in [-0.2, -0.15) is 0 Å². The molecule has 0 amide bonds. The van der Waals surface area contributed by atoms with Crippen LogP contribution in [0.2, 0.25) is 0 Å². The summed E-state index contributed by atoms with van der Waals surface area (Å²) in [6, 6.07) is 0. The van der Waals surface area contributed by atoms with Gasteiger partial charge in [0.25, 0.3) is 0 Å². The maximum Gasteiger partial charge on any atom is 0.192 e. The van der Waals surface area contributed by atoms with Crippen LogP contribution in [0.3, 0.4) is 0 Å². The summed E-state index contributed by atoms with van der Waals surface area (Å²) >= 11 is 0. The second-order valence-electron chi connectivity index (χ2n) is 4.74. The minimum atomic E-state index is 0.151. The van der Waals surface area contributed by atoms with Gasteiger partial charge in [0.2, 0.25) is 0 Å². The van der Waals surface area contributed by atoms with Crippen molar-refractivity contribution in [2.45, 2.75) is 25.3 Å². The molecule has 0 bridgehead atoms. The van der Waals surface area contributed by atoms with Gasteiger partial charge < -0.3 is 16.0 Å². The van der Waals surface area contributed by atoms with Crippen LogP contribution in [0.5, 0.6) is 0 Å². The number of nitrogens with two attached hydrogens (primary N) is 1. The quantitative estimate of drug-likeness (QED) is 0.686. The minimum Gasteiger partial charge on any atom is -0.370 e. The van der Waals surface area contributed by atoms with Gasteiger partial charge in [0.05, 0.1) is 12.1 Å². The summed E-state index contributed by atoms with van der Waals surface area (Å²) in [5.41, 5.74) is 6.15. The Morgan fingerprint density at radius 1 is 1.75 bits per heavy atom. The highest BCUT2D eigenvalue weighted by molar-refractivity contribution is 5.81. The Hall–Kier alpha value is -1.03. The molecule has 0 saturated carbocycles. The first kappa shape index (κ1) is 11.5. The van der Waals surface area contributed by atoms with Gasteiger partial charge in [-0.05, 0) is 25.3 Å². The molecular weight excluding hydrogens is 200 g/mol. The summed E-state index contributed by atoms with van der Waals surface area (Å²) in [5.74, 6) is 1.33. The van der Waals surface area contributed by atoms with Crippen molar-refractivity contribution in [3.8, 4) is 0 Å². The fourth-order valence-corrected chi connectivity index (χ4v) is 3.08. The molecule has 0 aromatic heterocycles. The van der Waals surface area contributed by atoms with Crippen molar-refractivity contribution in [1.82, 2.24) is 10.2 Å². The summed E-state index contributed by atoms with van der Waals surface area (Å²) in [5, 5.41) is 3.47. The fraction of sp³-hybridized carbons (Fsp3) is 0.750. The first-order valence-electron chi connectivity index (χ1n) is 6.13. The highest BCUT2D eigenvalue weighted by Gasteiger charge is 2.47. The van der Waals surface area contributed by atoms with E-state index in [1.807, 2.05) is 6.08 Å². The van der Waals surface area contributed by atoms with Crippen molar-refractivity contribution in [2.75, 3.05) is 26.2 Å². The molecule has 3 N–H and O–H groups in total. The van der Waals surface area contributed by atoms with Gasteiger partial charge >= 0.3 is 0 Å². The first-order chi connectivity index (χ1) is 7.74. The van der Waals surface area contributed by atoms with E-state index in [1.54, 1.807) is 0 Å². The molecule has 90 valence electrons. The number of hydrogen-bond acceptors (Lipinski definition) is 4. The minimum absolute atomic E-state index is 0.151. The lowest BCUT2D eigenvalue weighted by molar-refractivity contribution is 0.0885. The first-order valence-corrected chi connectivity index (χ1v) is 6.13. The van der Waals surface area contributed by atoms with E-state index < -0.39 is 0 Å². The predicted molar refractivity (Wildman–Crippen MR) is 67.4 cm³/mol. The molecule has 4 nitrogen and oxygen atoms in total. The summed E-state index contributed by atoms with van der Waals surface area (Å²) in [7, 11) is 0. The maximum atomic E-state index is 6.00. The molecule has 2 aliphatic rings. The van der Waals surface area contributed by atoms with Crippen molar-refractivity contribution in [1.29, 1.82) is 0 Å². The van der Waals surface area contributed by atoms with Crippen molar-refractivity contribution in [2.24, 2.45) is 16.6 Å². The van der Waals surface area contributed by atoms with Gasteiger partial charge in [0.15, 0.2) is 5.96 Å². The lowest BCUT2D eigenvalue weighted by Gasteiger charge is -2.47. The largest absolute Gasteiger partial charge is 0.370 e. The molecule has 0 aromatic carbocycles. The number of hydrogen-bond donors (Lipinski definition) is 2. The molecule has 4 heteroatoms. The lowest BCUT2D eigenvalue weighted by Crippen LogP contribution is -2.61. The van der Waals surface area contributed by atoms with Gasteiger partial charge in [0.1, 0.15) is 0 Å². The van der Waals surface area contributed by atoms with Gasteiger partial charge in [-0.1, -0.05) is 13.0 Å². The number of aliphatic imine (C=N–C) groups is 1. The fourth-order valence-electron chi connectivity index (χ4n) is 3.08. The SMILES string of the molecule is C=CCN1C(N)=NCC12CCNCC2CC. The molecule has 1 saturated heterocycles. The van der Waals surface area contributed by atoms with Gasteiger partial charge in [-0.15, -0.1) is 6.58 Å². The summed E-state index contributed by atoms with van der Waals surface area (Å²) in [4.78, 5) is 6.72. The van der Waals surface area contributed by atoms with Crippen LogP contribution in [0.25, 0.3) is 0 Å². The standard InChI is InChI=1S/C12H22N4/c1-3-7-16-11(13)15-9-12(16)5-6-14-8-10(12)4-2/h3,10,14H,1,4-9H2,2H3,(H2,13,15). The summed E-state index contributed by atoms with van der Waals surface area (Å²) in [6.45, 7) is 9.87. The second kappa shape index (κ2) is 4.45. The van der Waals surface area contributed by atoms with E-state index in [1.165, 1.54) is 6.42 Å². The topological polar surface area (TPSA) is 53.6 Å². The van der Waals surface area contributed by atoms with E-state index in [2.05, 4.69) is 28.7 Å². The molecule has 16 heavy (non-hydrogen) atoms. The van der Waals surface area contributed by atoms with E-state index >= 15 is 0 Å². The van der Waals surface area contributed by atoms with Crippen molar-refractivity contribution < 1.29 is 0 Å². The molecule has 1 spiro atoms. The number of piperidine rings is 1. The number of rotatable bonds is 3. The normalized spacial score (nSPS) is 34.2. The Kier molecular flexibility index (Phi) is 3.19. The van der Waals surface area contributed by atoms with Crippen molar-refractivity contribution in [3.63, 3.8) is 0 Å². The number of nitrogens with one attached hydrogen (secondary N) is 1. The van der Waals surface area contributed by atoms with E-state index in [-0.39, 0.29) is 5.54 Å². The van der Waals surface area contributed by atoms with E-state index in [9.17, 15) is 0 Å². The molecule has 0 aromatic rings. The summed E-state index contributed by atoms with van der Waals surface area (Å²) in [6.07, 6.45) is 4.22. The van der Waals surface area contributed by atoms with Crippen LogP contribution in [-0.4, -0.2) is 42.6 Å². The summed E-state index contributed by atoms with van der Waals surface area (Å²) < 4.78 is 0. The average Bonchev–Trinajstić information content (AvgIpc) is 2.60. The van der Waals surface area contributed by atoms with E-state index in [4.69, 9.17) is 5.73 Å². The van der Waals surface area contributed by atoms with Crippen LogP contribution in [0.4, 0.5) is 0 Å². The zero-order chi connectivity index (χ0) is 11.6. The van der Waals surface area contributed by atoms with Gasteiger partial charge in [0, 0.05) is 13.1 Å². The third kappa shape index (κ3) is 1.61. The molecule has 1 fully saturated rings. The monoisotopic (exact) mass is 222 g/mol. The highest BCUT2D eigenvalue weighted by Crippen LogP contribution is 2.36. The third-order valence-electron chi connectivity index (χ3n) is 4.02. The Bertz CT molecular complexity index is 299. The van der Waals surface area contributed by atoms with Crippen molar-refractivity contribution in [3.05, 3.63) is 12.7 Å². The van der Waals surface area contributed by atoms with Crippen LogP contribution >= 0.6 is 0 Å². The molecule has 2 aliphatic heterocycles. The van der Waals surface area contributed by atoms with Crippen LogP contribution in [0, 0.1) is 5.92 Å². The molecule has 2 rings (SSSR count). The maximum absolute atomic E-state index is 6.00. The number of nitrogens with zero attached hydrogens (tertiary/aromatic N) is 2. The molecule has 2 unspecified atom stereocenters. The smallest absolute Gasteiger partial charge is 0.192 e. The van der Waals surface area contributed by atoms with Crippen molar-refractivity contribution >= 4 is 5.96 Å². The predicted octanol–water partition coefficient (Wildman–Crippen LogP) is 0.561. The number of guanidine groups is 1. The van der Waals surface area contributed by atoms with Gasteiger partial charge in [-0.25, -0.2) is 0 Å². The molecule has 0 radical (unpaired) electrons. The Balaban J connectivity index is 2.24. The molecule has 0 aliphatic carbocycles. The Morgan fingerprint density at radius 3 is 3.25 bits per heavy atom. The third-order valence-corrected chi connectivity index (χ3v) is 4.02. The van der Waals surface area contributed by atoms with Crippen LogP contribution in [0.1, 0.15) is 19.8 Å². The van der Waals surface area contributed by atoms with Gasteiger partial charge in [-0.3, -0.25) is 4.99 Å². The van der Waals surface area contributed by atoms with Crippen LogP contribution in [0.15, 0.2) is 17.6 Å². The molecule has 2 heterocycles. The lowest BCUT2D eigenvalue weighted by atomic mass is 9.76. The Labute approximate surface area is 97.6 Å². The Morgan fingerprint density at radius 2 is 2.56 bits per heavy atom. The highest BCUT2D eigenvalue weighted by atomic mass is 15.4. The molecule has 2 atom stereocenters. The van der Waals surface area contributed by atoms with Crippen LogP contribution in [-0.2, 0) is 0 Å². The van der Waals surface area contributed by atoms with E-state index in [0.29, 0.717) is 11.9 Å².